The van der Waals surface area contributed by atoms with Crippen LogP contribution in [0.3, 0.4) is 0 Å². The molecule has 0 aromatic carbocycles. The standard InChI is InChI=1S/C17H22N2OS/c20-17(15-10-16-14(18-15)6-8-21-16)19-7-5-13(11-19)9-12-3-1-2-4-12/h6,8,10,12-13,18H,1-5,7,9,11H2. The third kappa shape index (κ3) is 2.61. The number of amides is 1. The van der Waals surface area contributed by atoms with E-state index in [1.807, 2.05) is 12.1 Å². The molecule has 0 spiro atoms. The van der Waals surface area contributed by atoms with E-state index in [0.29, 0.717) is 0 Å². The predicted octanol–water partition coefficient (Wildman–Crippen LogP) is 4.27. The molecule has 4 heteroatoms. The van der Waals surface area contributed by atoms with Crippen LogP contribution in [0.4, 0.5) is 0 Å². The van der Waals surface area contributed by atoms with E-state index in [1.54, 1.807) is 11.3 Å². The molecular formula is C17H22N2OS. The maximum atomic E-state index is 12.6. The van der Waals surface area contributed by atoms with Crippen molar-refractivity contribution in [2.75, 3.05) is 13.1 Å². The summed E-state index contributed by atoms with van der Waals surface area (Å²) in [5, 5.41) is 2.06. The van der Waals surface area contributed by atoms with Crippen molar-refractivity contribution in [1.82, 2.24) is 9.88 Å². The molecule has 1 saturated heterocycles. The van der Waals surface area contributed by atoms with Gasteiger partial charge in [0.05, 0.1) is 10.2 Å². The van der Waals surface area contributed by atoms with Gasteiger partial charge in [-0.2, -0.15) is 0 Å². The molecular weight excluding hydrogens is 280 g/mol. The second kappa shape index (κ2) is 5.48. The van der Waals surface area contributed by atoms with Gasteiger partial charge in [0, 0.05) is 13.1 Å². The van der Waals surface area contributed by atoms with E-state index in [0.717, 1.165) is 36.1 Å². The van der Waals surface area contributed by atoms with E-state index in [4.69, 9.17) is 0 Å². The summed E-state index contributed by atoms with van der Waals surface area (Å²) in [6.07, 6.45) is 8.19. The lowest BCUT2D eigenvalue weighted by atomic mass is 9.93. The van der Waals surface area contributed by atoms with Gasteiger partial charge in [0.15, 0.2) is 0 Å². The van der Waals surface area contributed by atoms with Crippen LogP contribution in [0.15, 0.2) is 17.5 Å². The number of thiophene rings is 1. The molecule has 3 heterocycles. The van der Waals surface area contributed by atoms with E-state index >= 15 is 0 Å². The number of H-pyrrole nitrogens is 1. The van der Waals surface area contributed by atoms with Crippen LogP contribution in [0.2, 0.25) is 0 Å². The van der Waals surface area contributed by atoms with Crippen LogP contribution in [-0.4, -0.2) is 28.9 Å². The lowest BCUT2D eigenvalue weighted by molar-refractivity contribution is 0.0780. The first-order valence-corrected chi connectivity index (χ1v) is 9.03. The quantitative estimate of drug-likeness (QED) is 0.903. The Hall–Kier alpha value is -1.29. The summed E-state index contributed by atoms with van der Waals surface area (Å²) in [6, 6.07) is 4.05. The number of likely N-dealkylation sites (tertiary alicyclic amines) is 1. The summed E-state index contributed by atoms with van der Waals surface area (Å²) >= 11 is 1.69. The first kappa shape index (κ1) is 13.4. The Morgan fingerprint density at radius 1 is 1.29 bits per heavy atom. The number of nitrogens with one attached hydrogen (secondary N) is 1. The molecule has 112 valence electrons. The van der Waals surface area contributed by atoms with Crippen molar-refractivity contribution in [3.8, 4) is 0 Å². The van der Waals surface area contributed by atoms with E-state index in [2.05, 4.69) is 15.3 Å². The molecule has 21 heavy (non-hydrogen) atoms. The summed E-state index contributed by atoms with van der Waals surface area (Å²) in [7, 11) is 0. The van der Waals surface area contributed by atoms with Gasteiger partial charge < -0.3 is 9.88 Å². The van der Waals surface area contributed by atoms with Gasteiger partial charge in [0.1, 0.15) is 5.69 Å². The molecule has 1 amide bonds. The Labute approximate surface area is 129 Å². The van der Waals surface area contributed by atoms with Gasteiger partial charge in [0.25, 0.3) is 5.91 Å². The van der Waals surface area contributed by atoms with Gasteiger partial charge in [-0.15, -0.1) is 11.3 Å². The summed E-state index contributed by atoms with van der Waals surface area (Å²) in [5.41, 5.74) is 1.85. The van der Waals surface area contributed by atoms with Crippen molar-refractivity contribution in [3.63, 3.8) is 0 Å². The number of hydrogen-bond donors (Lipinski definition) is 1. The number of fused-ring (bicyclic) bond motifs is 1. The number of aromatic nitrogens is 1. The third-order valence-corrected chi connectivity index (χ3v) is 6.05. The monoisotopic (exact) mass is 302 g/mol. The van der Waals surface area contributed by atoms with E-state index in [-0.39, 0.29) is 5.91 Å². The Morgan fingerprint density at radius 3 is 2.95 bits per heavy atom. The zero-order valence-electron chi connectivity index (χ0n) is 12.3. The van der Waals surface area contributed by atoms with Crippen LogP contribution >= 0.6 is 11.3 Å². The molecule has 1 unspecified atom stereocenters. The molecule has 1 aliphatic heterocycles. The van der Waals surface area contributed by atoms with Crippen LogP contribution in [0.1, 0.15) is 49.0 Å². The Morgan fingerprint density at radius 2 is 2.14 bits per heavy atom. The van der Waals surface area contributed by atoms with E-state index in [1.165, 1.54) is 43.2 Å². The highest BCUT2D eigenvalue weighted by atomic mass is 32.1. The number of carbonyl (C=O) groups is 1. The Balaban J connectivity index is 1.40. The van der Waals surface area contributed by atoms with Crippen LogP contribution in [-0.2, 0) is 0 Å². The van der Waals surface area contributed by atoms with Gasteiger partial charge in [-0.25, -0.2) is 0 Å². The minimum Gasteiger partial charge on any atom is -0.350 e. The normalized spacial score (nSPS) is 23.4. The first-order chi connectivity index (χ1) is 10.3. The topological polar surface area (TPSA) is 36.1 Å². The van der Waals surface area contributed by atoms with Gasteiger partial charge >= 0.3 is 0 Å². The number of rotatable bonds is 3. The summed E-state index contributed by atoms with van der Waals surface area (Å²) in [4.78, 5) is 17.9. The van der Waals surface area contributed by atoms with Crippen molar-refractivity contribution in [3.05, 3.63) is 23.2 Å². The molecule has 0 radical (unpaired) electrons. The number of carbonyl (C=O) groups excluding carboxylic acids is 1. The molecule has 3 nitrogen and oxygen atoms in total. The van der Waals surface area contributed by atoms with E-state index in [9.17, 15) is 4.79 Å². The smallest absolute Gasteiger partial charge is 0.270 e. The maximum absolute atomic E-state index is 12.6. The second-order valence-electron chi connectivity index (χ2n) is 6.67. The zero-order chi connectivity index (χ0) is 14.2. The number of hydrogen-bond acceptors (Lipinski definition) is 2. The highest BCUT2D eigenvalue weighted by molar-refractivity contribution is 7.17. The van der Waals surface area contributed by atoms with Crippen LogP contribution in [0, 0.1) is 11.8 Å². The van der Waals surface area contributed by atoms with Crippen LogP contribution in [0.5, 0.6) is 0 Å². The number of aromatic amines is 1. The fourth-order valence-electron chi connectivity index (χ4n) is 4.06. The van der Waals surface area contributed by atoms with Crippen molar-refractivity contribution in [2.45, 2.75) is 38.5 Å². The van der Waals surface area contributed by atoms with Crippen molar-refractivity contribution >= 4 is 27.5 Å². The average molecular weight is 302 g/mol. The average Bonchev–Trinajstić information content (AvgIpc) is 3.22. The Kier molecular flexibility index (Phi) is 3.49. The van der Waals surface area contributed by atoms with Crippen molar-refractivity contribution in [2.24, 2.45) is 11.8 Å². The summed E-state index contributed by atoms with van der Waals surface area (Å²) < 4.78 is 1.18. The fourth-order valence-corrected chi connectivity index (χ4v) is 4.84. The highest BCUT2D eigenvalue weighted by Crippen LogP contribution is 2.34. The second-order valence-corrected chi connectivity index (χ2v) is 7.62. The van der Waals surface area contributed by atoms with Crippen LogP contribution in [0.25, 0.3) is 10.2 Å². The van der Waals surface area contributed by atoms with Crippen molar-refractivity contribution < 1.29 is 4.79 Å². The molecule has 0 bridgehead atoms. The minimum absolute atomic E-state index is 0.187. The molecule has 2 fully saturated rings. The molecule has 1 saturated carbocycles. The largest absolute Gasteiger partial charge is 0.350 e. The molecule has 2 aliphatic rings. The van der Waals surface area contributed by atoms with Crippen molar-refractivity contribution in [1.29, 1.82) is 0 Å². The predicted molar refractivity (Wildman–Crippen MR) is 86.8 cm³/mol. The highest BCUT2D eigenvalue weighted by Gasteiger charge is 2.30. The lowest BCUT2D eigenvalue weighted by Gasteiger charge is -2.17. The van der Waals surface area contributed by atoms with Gasteiger partial charge in [0.2, 0.25) is 0 Å². The van der Waals surface area contributed by atoms with Gasteiger partial charge in [-0.3, -0.25) is 4.79 Å². The fraction of sp³-hybridized carbons (Fsp3) is 0.588. The van der Waals surface area contributed by atoms with Crippen LogP contribution < -0.4 is 0 Å². The SMILES string of the molecule is O=C(c1cc2sccc2[nH]1)N1CCC(CC2CCCC2)C1. The Bertz CT molecular complexity index is 610. The minimum atomic E-state index is 0.187. The summed E-state index contributed by atoms with van der Waals surface area (Å²) in [6.45, 7) is 1.89. The number of nitrogens with zero attached hydrogens (tertiary/aromatic N) is 1. The zero-order valence-corrected chi connectivity index (χ0v) is 13.1. The molecule has 1 N–H and O–H groups in total. The molecule has 1 atom stereocenters. The van der Waals surface area contributed by atoms with Gasteiger partial charge in [-0.1, -0.05) is 25.7 Å². The summed E-state index contributed by atoms with van der Waals surface area (Å²) in [5.74, 6) is 1.85. The first-order valence-electron chi connectivity index (χ1n) is 8.15. The molecule has 4 rings (SSSR count). The maximum Gasteiger partial charge on any atom is 0.270 e. The molecule has 2 aromatic heterocycles. The molecule has 2 aromatic rings. The molecule has 1 aliphatic carbocycles. The third-order valence-electron chi connectivity index (χ3n) is 5.18. The van der Waals surface area contributed by atoms with Gasteiger partial charge in [-0.05, 0) is 42.2 Å². The van der Waals surface area contributed by atoms with E-state index < -0.39 is 0 Å². The lowest BCUT2D eigenvalue weighted by Crippen LogP contribution is -2.29.